The minimum atomic E-state index is 0.405. The molecule has 0 spiro atoms. The summed E-state index contributed by atoms with van der Waals surface area (Å²) in [6.45, 7) is 5.97. The maximum absolute atomic E-state index is 10.7. The van der Waals surface area contributed by atoms with Crippen LogP contribution in [0.4, 0.5) is 0 Å². The van der Waals surface area contributed by atoms with Crippen molar-refractivity contribution in [3.63, 3.8) is 0 Å². The summed E-state index contributed by atoms with van der Waals surface area (Å²) >= 11 is 5.73. The van der Waals surface area contributed by atoms with Crippen LogP contribution in [0.1, 0.15) is 17.3 Å². The molecule has 0 saturated heterocycles. The summed E-state index contributed by atoms with van der Waals surface area (Å²) < 4.78 is 5.36. The van der Waals surface area contributed by atoms with Crippen molar-refractivity contribution in [1.82, 2.24) is 0 Å². The van der Waals surface area contributed by atoms with Crippen molar-refractivity contribution in [2.24, 2.45) is 0 Å². The third kappa shape index (κ3) is 2.89. The quantitative estimate of drug-likeness (QED) is 0.564. The van der Waals surface area contributed by atoms with E-state index in [0.717, 1.165) is 11.9 Å². The minimum absolute atomic E-state index is 0.405. The van der Waals surface area contributed by atoms with Gasteiger partial charge in [0.1, 0.15) is 12.4 Å². The normalized spacial score (nSPS) is 9.57. The van der Waals surface area contributed by atoms with E-state index in [9.17, 15) is 4.79 Å². The molecule has 0 aliphatic rings. The van der Waals surface area contributed by atoms with Crippen molar-refractivity contribution in [1.29, 1.82) is 0 Å². The molecule has 0 aromatic heterocycles. The summed E-state index contributed by atoms with van der Waals surface area (Å²) in [7, 11) is 0. The summed E-state index contributed by atoms with van der Waals surface area (Å²) in [5.74, 6) is 0.535. The van der Waals surface area contributed by atoms with E-state index in [-0.39, 0.29) is 0 Å². The first-order valence-electron chi connectivity index (χ1n) is 4.15. The number of halogens is 1. The Balaban J connectivity index is 2.85. The van der Waals surface area contributed by atoms with E-state index in [0.29, 0.717) is 22.9 Å². The third-order valence-electron chi connectivity index (χ3n) is 1.57. The van der Waals surface area contributed by atoms with E-state index < -0.39 is 0 Å². The van der Waals surface area contributed by atoms with Crippen molar-refractivity contribution in [3.05, 3.63) is 40.9 Å². The van der Waals surface area contributed by atoms with Crippen LogP contribution in [0, 0.1) is 0 Å². The zero-order valence-corrected chi connectivity index (χ0v) is 8.67. The average molecular weight is 211 g/mol. The first-order chi connectivity index (χ1) is 6.63. The van der Waals surface area contributed by atoms with E-state index in [1.165, 1.54) is 0 Å². The molecule has 0 saturated carbocycles. The second-order valence-corrected chi connectivity index (χ2v) is 3.48. The van der Waals surface area contributed by atoms with Gasteiger partial charge >= 0.3 is 0 Å². The molecule has 0 aliphatic carbocycles. The van der Waals surface area contributed by atoms with Crippen LogP contribution in [-0.2, 0) is 0 Å². The van der Waals surface area contributed by atoms with Gasteiger partial charge in [0.05, 0.1) is 5.56 Å². The number of rotatable bonds is 4. The summed E-state index contributed by atoms with van der Waals surface area (Å²) in [5.41, 5.74) is 1.36. The van der Waals surface area contributed by atoms with Gasteiger partial charge in [-0.2, -0.15) is 0 Å². The second-order valence-electron chi connectivity index (χ2n) is 3.05. The van der Waals surface area contributed by atoms with Crippen LogP contribution in [0.3, 0.4) is 0 Å². The highest BCUT2D eigenvalue weighted by atomic mass is 35.5. The minimum Gasteiger partial charge on any atom is -0.489 e. The molecule has 2 nitrogen and oxygen atoms in total. The molecule has 0 unspecified atom stereocenters. The van der Waals surface area contributed by atoms with Crippen molar-refractivity contribution in [3.8, 4) is 5.75 Å². The smallest absolute Gasteiger partial charge is 0.153 e. The van der Waals surface area contributed by atoms with Gasteiger partial charge < -0.3 is 4.74 Å². The van der Waals surface area contributed by atoms with E-state index in [4.69, 9.17) is 16.3 Å². The van der Waals surface area contributed by atoms with Gasteiger partial charge in [0.25, 0.3) is 0 Å². The van der Waals surface area contributed by atoms with Crippen LogP contribution in [0.2, 0.25) is 5.02 Å². The summed E-state index contributed by atoms with van der Waals surface area (Å²) in [4.78, 5) is 10.7. The lowest BCUT2D eigenvalue weighted by atomic mass is 10.2. The van der Waals surface area contributed by atoms with E-state index in [1.807, 2.05) is 6.92 Å². The number of carbonyl (C=O) groups excluding carboxylic acids is 1. The lowest BCUT2D eigenvalue weighted by Gasteiger charge is -2.07. The van der Waals surface area contributed by atoms with Gasteiger partial charge in [0.15, 0.2) is 6.29 Å². The summed E-state index contributed by atoms with van der Waals surface area (Å²) in [6.07, 6.45) is 0.722. The molecule has 1 aromatic rings. The number of aldehydes is 1. The van der Waals surface area contributed by atoms with Crippen molar-refractivity contribution < 1.29 is 9.53 Å². The number of ether oxygens (including phenoxy) is 1. The van der Waals surface area contributed by atoms with Crippen LogP contribution in [0.25, 0.3) is 0 Å². The molecule has 0 aliphatic heterocycles. The fourth-order valence-corrected chi connectivity index (χ4v) is 1.12. The highest BCUT2D eigenvalue weighted by Gasteiger charge is 2.03. The Morgan fingerprint density at radius 2 is 2.36 bits per heavy atom. The Morgan fingerprint density at radius 3 is 2.93 bits per heavy atom. The third-order valence-corrected chi connectivity index (χ3v) is 1.81. The standard InChI is InChI=1S/C11H11ClO2/c1-8(2)7-14-11-4-3-10(12)5-9(11)6-13/h3-6H,1,7H2,2H3. The molecule has 0 bridgehead atoms. The van der Waals surface area contributed by atoms with Gasteiger partial charge in [0.2, 0.25) is 0 Å². The molecule has 14 heavy (non-hydrogen) atoms. The average Bonchev–Trinajstić information content (AvgIpc) is 2.15. The molecule has 3 heteroatoms. The zero-order chi connectivity index (χ0) is 10.6. The van der Waals surface area contributed by atoms with Gasteiger partial charge in [-0.1, -0.05) is 18.2 Å². The second kappa shape index (κ2) is 4.82. The predicted octanol–water partition coefficient (Wildman–Crippen LogP) is 3.11. The number of hydrogen-bond acceptors (Lipinski definition) is 2. The largest absolute Gasteiger partial charge is 0.489 e. The van der Waals surface area contributed by atoms with Crippen molar-refractivity contribution in [2.75, 3.05) is 6.61 Å². The Morgan fingerprint density at radius 1 is 1.64 bits per heavy atom. The van der Waals surface area contributed by atoms with Crippen LogP contribution in [-0.4, -0.2) is 12.9 Å². The first-order valence-corrected chi connectivity index (χ1v) is 4.53. The SMILES string of the molecule is C=C(C)COc1ccc(Cl)cc1C=O. The van der Waals surface area contributed by atoms with E-state index in [1.54, 1.807) is 18.2 Å². The lowest BCUT2D eigenvalue weighted by Crippen LogP contribution is -2.00. The predicted molar refractivity (Wildman–Crippen MR) is 57.1 cm³/mol. The Labute approximate surface area is 88.1 Å². The van der Waals surface area contributed by atoms with Gasteiger partial charge in [-0.25, -0.2) is 0 Å². The lowest BCUT2D eigenvalue weighted by molar-refractivity contribution is 0.112. The van der Waals surface area contributed by atoms with Gasteiger partial charge in [0, 0.05) is 5.02 Å². The van der Waals surface area contributed by atoms with Crippen molar-refractivity contribution in [2.45, 2.75) is 6.92 Å². The maximum atomic E-state index is 10.7. The molecule has 0 N–H and O–H groups in total. The summed E-state index contributed by atoms with van der Waals surface area (Å²) in [6, 6.07) is 4.93. The number of carbonyl (C=O) groups is 1. The molecule has 0 radical (unpaired) electrons. The van der Waals surface area contributed by atoms with Gasteiger partial charge in [-0.15, -0.1) is 0 Å². The molecule has 0 fully saturated rings. The van der Waals surface area contributed by atoms with E-state index in [2.05, 4.69) is 6.58 Å². The summed E-state index contributed by atoms with van der Waals surface area (Å²) in [5, 5.41) is 0.523. The maximum Gasteiger partial charge on any atom is 0.153 e. The molecular formula is C11H11ClO2. The zero-order valence-electron chi connectivity index (χ0n) is 7.92. The molecular weight excluding hydrogens is 200 g/mol. The fraction of sp³-hybridized carbons (Fsp3) is 0.182. The molecule has 0 atom stereocenters. The monoisotopic (exact) mass is 210 g/mol. The van der Waals surface area contributed by atoms with Crippen molar-refractivity contribution >= 4 is 17.9 Å². The Hall–Kier alpha value is -1.28. The Bertz CT molecular complexity index is 358. The molecule has 0 heterocycles. The van der Waals surface area contributed by atoms with Crippen LogP contribution >= 0.6 is 11.6 Å². The highest BCUT2D eigenvalue weighted by molar-refractivity contribution is 6.30. The highest BCUT2D eigenvalue weighted by Crippen LogP contribution is 2.21. The van der Waals surface area contributed by atoms with Crippen LogP contribution < -0.4 is 4.74 Å². The van der Waals surface area contributed by atoms with Crippen LogP contribution in [0.15, 0.2) is 30.4 Å². The molecule has 1 rings (SSSR count). The number of benzene rings is 1. The molecule has 74 valence electrons. The van der Waals surface area contributed by atoms with Gasteiger partial charge in [-0.05, 0) is 30.7 Å². The topological polar surface area (TPSA) is 26.3 Å². The Kier molecular flexibility index (Phi) is 3.72. The molecule has 1 aromatic carbocycles. The number of hydrogen-bond donors (Lipinski definition) is 0. The first kappa shape index (κ1) is 10.8. The van der Waals surface area contributed by atoms with E-state index >= 15 is 0 Å². The van der Waals surface area contributed by atoms with Crippen LogP contribution in [0.5, 0.6) is 5.75 Å². The van der Waals surface area contributed by atoms with Gasteiger partial charge in [-0.3, -0.25) is 4.79 Å². The fourth-order valence-electron chi connectivity index (χ4n) is 0.944. The molecule has 0 amide bonds.